The summed E-state index contributed by atoms with van der Waals surface area (Å²) in [5.41, 5.74) is 2.07. The Morgan fingerprint density at radius 1 is 1.38 bits per heavy atom. The van der Waals surface area contributed by atoms with E-state index in [2.05, 4.69) is 37.4 Å². The molecule has 4 rings (SSSR count). The maximum atomic E-state index is 13.2. The number of thioether (sulfide) groups is 1. The summed E-state index contributed by atoms with van der Waals surface area (Å²) in [6, 6.07) is 11.6. The molecule has 1 aliphatic carbocycles. The predicted octanol–water partition coefficient (Wildman–Crippen LogP) is 4.84. The molecule has 1 aliphatic rings. The molecule has 178 valence electrons. The number of benzene rings is 1. The van der Waals surface area contributed by atoms with Gasteiger partial charge in [-0.3, -0.25) is 9.32 Å². The number of carbonyl (C=O) groups is 1. The molecule has 0 saturated carbocycles. The molecule has 0 radical (unpaired) electrons. The van der Waals surface area contributed by atoms with E-state index in [1.807, 2.05) is 37.3 Å². The zero-order valence-corrected chi connectivity index (χ0v) is 21.4. The number of nitrogens with one attached hydrogen (secondary N) is 2. The Bertz CT molecular complexity index is 1280. The molecule has 2 N–H and O–H groups in total. The van der Waals surface area contributed by atoms with Gasteiger partial charge in [-0.2, -0.15) is 5.26 Å². The quantitative estimate of drug-likeness (QED) is 0.375. The van der Waals surface area contributed by atoms with Gasteiger partial charge in [0.1, 0.15) is 11.1 Å². The molecule has 0 saturated heterocycles. The van der Waals surface area contributed by atoms with Gasteiger partial charge in [-0.1, -0.05) is 45.9 Å². The summed E-state index contributed by atoms with van der Waals surface area (Å²) in [6.45, 7) is 8.67. The molecular weight excluding hydrogens is 468 g/mol. The molecule has 9 heteroatoms. The summed E-state index contributed by atoms with van der Waals surface area (Å²) in [4.78, 5) is 26.8. The van der Waals surface area contributed by atoms with Crippen LogP contribution in [0, 0.1) is 22.7 Å². The van der Waals surface area contributed by atoms with Crippen molar-refractivity contribution in [3.05, 3.63) is 56.8 Å². The average Bonchev–Trinajstić information content (AvgIpc) is 3.35. The van der Waals surface area contributed by atoms with E-state index in [-0.39, 0.29) is 11.3 Å². The number of hydrogen-bond acceptors (Lipinski definition) is 6. The minimum absolute atomic E-state index is 0.202. The summed E-state index contributed by atoms with van der Waals surface area (Å²) in [5, 5.41) is 15.8. The summed E-state index contributed by atoms with van der Waals surface area (Å²) < 4.78 is 6.55. The van der Waals surface area contributed by atoms with E-state index < -0.39 is 10.9 Å². The van der Waals surface area contributed by atoms with Gasteiger partial charge in [0.2, 0.25) is 11.6 Å². The van der Waals surface area contributed by atoms with Gasteiger partial charge in [-0.15, -0.1) is 11.3 Å². The van der Waals surface area contributed by atoms with E-state index in [0.29, 0.717) is 27.9 Å². The van der Waals surface area contributed by atoms with Crippen LogP contribution in [0.2, 0.25) is 0 Å². The van der Waals surface area contributed by atoms with Crippen LogP contribution in [0.1, 0.15) is 56.5 Å². The number of hydrogen-bond donors (Lipinski definition) is 2. The van der Waals surface area contributed by atoms with E-state index in [9.17, 15) is 14.9 Å². The van der Waals surface area contributed by atoms with Gasteiger partial charge in [-0.25, -0.2) is 4.79 Å². The van der Waals surface area contributed by atoms with Crippen molar-refractivity contribution in [2.75, 3.05) is 5.32 Å². The molecule has 0 bridgehead atoms. The molecule has 1 aromatic carbocycles. The van der Waals surface area contributed by atoms with Crippen LogP contribution >= 0.6 is 23.1 Å². The highest BCUT2D eigenvalue weighted by Gasteiger charge is 2.34. The lowest BCUT2D eigenvalue weighted by Crippen LogP contribution is -2.37. The topological polar surface area (TPSA) is 103 Å². The highest BCUT2D eigenvalue weighted by atomic mass is 32.2. The van der Waals surface area contributed by atoms with Crippen molar-refractivity contribution in [3.63, 3.8) is 0 Å². The number of fused-ring (bicyclic) bond motifs is 1. The smallest absolute Gasteiger partial charge is 0.316 e. The fourth-order valence-electron chi connectivity index (χ4n) is 4.29. The van der Waals surface area contributed by atoms with Crippen LogP contribution in [0.15, 0.2) is 44.7 Å². The van der Waals surface area contributed by atoms with Gasteiger partial charge in [0.15, 0.2) is 0 Å². The minimum atomic E-state index is -0.530. The van der Waals surface area contributed by atoms with Crippen LogP contribution < -0.4 is 15.6 Å². The highest BCUT2D eigenvalue weighted by Crippen LogP contribution is 2.44. The largest absolute Gasteiger partial charge is 0.442 e. The number of nitriles is 1. The van der Waals surface area contributed by atoms with Gasteiger partial charge in [-0.05, 0) is 64.3 Å². The van der Waals surface area contributed by atoms with E-state index in [1.54, 1.807) is 4.68 Å². The zero-order valence-electron chi connectivity index (χ0n) is 19.8. The zero-order chi connectivity index (χ0) is 24.5. The van der Waals surface area contributed by atoms with Crippen LogP contribution in [-0.2, 0) is 17.6 Å². The molecule has 34 heavy (non-hydrogen) atoms. The van der Waals surface area contributed by atoms with E-state index in [4.69, 9.17) is 4.52 Å². The molecule has 2 aromatic heterocycles. The summed E-state index contributed by atoms with van der Waals surface area (Å²) in [5.74, 6) is 0.323. The Labute approximate surface area is 207 Å². The Kier molecular flexibility index (Phi) is 7.01. The molecule has 2 atom stereocenters. The lowest BCUT2D eigenvalue weighted by atomic mass is 9.72. The van der Waals surface area contributed by atoms with Crippen LogP contribution in [0.3, 0.4) is 0 Å². The third kappa shape index (κ3) is 4.84. The van der Waals surface area contributed by atoms with Crippen LogP contribution in [-0.4, -0.2) is 16.4 Å². The first-order valence-electron chi connectivity index (χ1n) is 11.4. The lowest BCUT2D eigenvalue weighted by molar-refractivity contribution is -0.704. The van der Waals surface area contributed by atoms with E-state index in [1.165, 1.54) is 16.2 Å². The molecule has 7 nitrogen and oxygen atoms in total. The number of nitrogens with zero attached hydrogens (tertiary/aromatic N) is 2. The number of H-pyrrole nitrogens is 1. The molecule has 2 unspecified atom stereocenters. The Hall–Kier alpha value is -2.83. The third-order valence-corrected chi connectivity index (χ3v) is 8.95. The summed E-state index contributed by atoms with van der Waals surface area (Å²) >= 11 is 2.68. The van der Waals surface area contributed by atoms with Gasteiger partial charge in [0.25, 0.3) is 0 Å². The van der Waals surface area contributed by atoms with Crippen LogP contribution in [0.5, 0.6) is 0 Å². The van der Waals surface area contributed by atoms with Gasteiger partial charge >= 0.3 is 10.7 Å². The monoisotopic (exact) mass is 497 g/mol. The van der Waals surface area contributed by atoms with E-state index >= 15 is 0 Å². The average molecular weight is 498 g/mol. The standard InChI is InChI=1S/C25H28N4O3S2/c1-5-19(34-23-24(31)32-28-29(23)16-9-7-6-8-10-16)21(30)27-22-18(14-26)17-12-11-15(25(2,3)4)13-20(17)33-22/h6-10,15,19H,5,11-13H2,1-4H3,(H-,27,28,30,31)/p+1. The molecule has 3 aromatic rings. The van der Waals surface area contributed by atoms with Gasteiger partial charge in [0, 0.05) is 17.0 Å². The maximum absolute atomic E-state index is 13.2. The van der Waals surface area contributed by atoms with Crippen molar-refractivity contribution in [1.29, 1.82) is 5.26 Å². The lowest BCUT2D eigenvalue weighted by Gasteiger charge is -2.33. The highest BCUT2D eigenvalue weighted by molar-refractivity contribution is 8.00. The molecule has 0 aliphatic heterocycles. The number of amides is 1. The Morgan fingerprint density at radius 3 is 2.76 bits per heavy atom. The predicted molar refractivity (Wildman–Crippen MR) is 133 cm³/mol. The second kappa shape index (κ2) is 9.80. The molecule has 2 heterocycles. The number of aromatic nitrogens is 2. The van der Waals surface area contributed by atoms with Crippen molar-refractivity contribution < 1.29 is 14.0 Å². The fourth-order valence-corrected chi connectivity index (χ4v) is 6.56. The SMILES string of the molecule is CCC(Sc1c(=O)o[nH][n+]1-c1ccccc1)C(=O)Nc1sc2c(c1C#N)CCC(C(C)(C)C)C2. The first-order valence-corrected chi connectivity index (χ1v) is 13.1. The summed E-state index contributed by atoms with van der Waals surface area (Å²) in [7, 11) is 0. The van der Waals surface area contributed by atoms with Crippen molar-refractivity contribution in [2.24, 2.45) is 11.3 Å². The van der Waals surface area contributed by atoms with Gasteiger partial charge < -0.3 is 5.32 Å². The number of rotatable bonds is 6. The first-order chi connectivity index (χ1) is 16.2. The Morgan fingerprint density at radius 2 is 2.12 bits per heavy atom. The second-order valence-corrected chi connectivity index (χ2v) is 11.9. The van der Waals surface area contributed by atoms with Crippen molar-refractivity contribution in [2.45, 2.75) is 63.7 Å². The van der Waals surface area contributed by atoms with Gasteiger partial charge in [0.05, 0.1) is 10.8 Å². The van der Waals surface area contributed by atoms with Crippen molar-refractivity contribution in [1.82, 2.24) is 5.27 Å². The van der Waals surface area contributed by atoms with Crippen LogP contribution in [0.4, 0.5) is 5.00 Å². The fraction of sp³-hybridized carbons (Fsp3) is 0.440. The molecule has 1 amide bonds. The molecule has 0 fully saturated rings. The second-order valence-electron chi connectivity index (χ2n) is 9.59. The number of carbonyl (C=O) groups excluding carboxylic acids is 1. The molecule has 0 spiro atoms. The number of aromatic amines is 1. The first kappa shape index (κ1) is 24.3. The normalized spacial score (nSPS) is 16.5. The third-order valence-electron chi connectivity index (χ3n) is 6.38. The van der Waals surface area contributed by atoms with Crippen LogP contribution in [0.25, 0.3) is 5.69 Å². The number of thiophene rings is 1. The Balaban J connectivity index is 1.56. The maximum Gasteiger partial charge on any atom is 0.442 e. The number of para-hydroxylation sites is 1. The number of anilines is 1. The molecular formula is C25H29N4O3S2+. The van der Waals surface area contributed by atoms with Crippen molar-refractivity contribution >= 4 is 34.0 Å². The van der Waals surface area contributed by atoms with Crippen molar-refractivity contribution in [3.8, 4) is 11.8 Å². The van der Waals surface area contributed by atoms with E-state index in [0.717, 1.165) is 42.3 Å². The summed E-state index contributed by atoms with van der Waals surface area (Å²) in [6.07, 6.45) is 3.35. The minimum Gasteiger partial charge on any atom is -0.316 e.